The van der Waals surface area contributed by atoms with E-state index in [0.29, 0.717) is 16.8 Å². The Kier molecular flexibility index (Phi) is 8.90. The predicted molar refractivity (Wildman–Crippen MR) is 93.0 cm³/mol. The van der Waals surface area contributed by atoms with E-state index in [-0.39, 0.29) is 18.0 Å². The predicted octanol–water partition coefficient (Wildman–Crippen LogP) is 2.07. The number of nitrogens with one attached hydrogen (secondary N) is 1. The molecule has 0 spiro atoms. The van der Waals surface area contributed by atoms with Crippen LogP contribution in [0, 0.1) is 5.92 Å². The molecule has 1 aliphatic rings. The molecule has 1 unspecified atom stereocenters. The average molecular weight is 335 g/mol. The van der Waals surface area contributed by atoms with Crippen LogP contribution in [0.25, 0.3) is 0 Å². The lowest BCUT2D eigenvalue weighted by Crippen LogP contribution is -2.46. The summed E-state index contributed by atoms with van der Waals surface area (Å²) in [6.45, 7) is 7.22. The fourth-order valence-electron chi connectivity index (χ4n) is 2.91. The molecule has 4 atom stereocenters. The highest BCUT2D eigenvalue weighted by Crippen LogP contribution is 2.25. The molecule has 0 bridgehead atoms. The Morgan fingerprint density at radius 3 is 2.81 bits per heavy atom. The van der Waals surface area contributed by atoms with Gasteiger partial charge < -0.3 is 5.32 Å². The van der Waals surface area contributed by atoms with Gasteiger partial charge in [0, 0.05) is 29.1 Å². The fourth-order valence-corrected chi connectivity index (χ4v) is 5.35. The Morgan fingerprint density at radius 2 is 2.19 bits per heavy atom. The standard InChI is InChI=1S/C15H30N2O2S2/c1-5-7-13-8-14(17(4)9-13)15(18)16-12(3)10-21(19)11-20-6-2/h12-14H,5-11H2,1-4H3,(H,16,18)/t12-,13-,14+,21?/m1/s1. The number of hydrogen-bond acceptors (Lipinski definition) is 4. The molecule has 0 aromatic rings. The second-order valence-electron chi connectivity index (χ2n) is 5.97. The lowest BCUT2D eigenvalue weighted by atomic mass is 10.00. The third-order valence-corrected chi connectivity index (χ3v) is 6.88. The Hall–Kier alpha value is -0.0700. The van der Waals surface area contributed by atoms with Gasteiger partial charge in [-0.25, -0.2) is 0 Å². The Morgan fingerprint density at radius 1 is 1.48 bits per heavy atom. The van der Waals surface area contributed by atoms with Crippen molar-refractivity contribution in [3.05, 3.63) is 0 Å². The lowest BCUT2D eigenvalue weighted by Gasteiger charge is -2.21. The van der Waals surface area contributed by atoms with Crippen molar-refractivity contribution < 1.29 is 9.00 Å². The maximum absolute atomic E-state index is 12.4. The van der Waals surface area contributed by atoms with Crippen LogP contribution in [0.1, 0.15) is 40.0 Å². The number of likely N-dealkylation sites (tertiary alicyclic amines) is 1. The van der Waals surface area contributed by atoms with Crippen LogP contribution >= 0.6 is 11.8 Å². The molecule has 1 heterocycles. The summed E-state index contributed by atoms with van der Waals surface area (Å²) in [7, 11) is 1.18. The molecule has 4 nitrogen and oxygen atoms in total. The van der Waals surface area contributed by atoms with Crippen LogP contribution in [0.15, 0.2) is 0 Å². The molecule has 124 valence electrons. The zero-order chi connectivity index (χ0) is 15.8. The van der Waals surface area contributed by atoms with Crippen LogP contribution in [-0.4, -0.2) is 57.3 Å². The zero-order valence-corrected chi connectivity index (χ0v) is 15.4. The molecule has 21 heavy (non-hydrogen) atoms. The molecule has 0 aromatic heterocycles. The van der Waals surface area contributed by atoms with Crippen molar-refractivity contribution in [2.75, 3.05) is 30.2 Å². The van der Waals surface area contributed by atoms with Gasteiger partial charge in [0.05, 0.1) is 11.1 Å². The van der Waals surface area contributed by atoms with Crippen molar-refractivity contribution in [3.8, 4) is 0 Å². The van der Waals surface area contributed by atoms with E-state index in [9.17, 15) is 9.00 Å². The van der Waals surface area contributed by atoms with Gasteiger partial charge in [-0.3, -0.25) is 13.9 Å². The van der Waals surface area contributed by atoms with Crippen LogP contribution in [0.2, 0.25) is 0 Å². The first-order valence-corrected chi connectivity index (χ1v) is 10.6. The Labute approximate surface area is 136 Å². The van der Waals surface area contributed by atoms with Crippen LogP contribution in [0.5, 0.6) is 0 Å². The summed E-state index contributed by atoms with van der Waals surface area (Å²) in [6, 6.07) is -0.0307. The maximum atomic E-state index is 12.4. The molecule has 6 heteroatoms. The number of hydrogen-bond donors (Lipinski definition) is 1. The number of carbonyl (C=O) groups excluding carboxylic acids is 1. The molecule has 0 aromatic carbocycles. The molecule has 1 amide bonds. The fraction of sp³-hybridized carbons (Fsp3) is 0.933. The normalized spacial score (nSPS) is 25.7. The summed E-state index contributed by atoms with van der Waals surface area (Å²) < 4.78 is 11.8. The minimum atomic E-state index is -0.852. The number of thioether (sulfide) groups is 1. The van der Waals surface area contributed by atoms with Crippen molar-refractivity contribution in [2.24, 2.45) is 5.92 Å². The van der Waals surface area contributed by atoms with Gasteiger partial charge in [-0.05, 0) is 38.5 Å². The zero-order valence-electron chi connectivity index (χ0n) is 13.8. The van der Waals surface area contributed by atoms with E-state index < -0.39 is 10.8 Å². The first kappa shape index (κ1) is 19.0. The van der Waals surface area contributed by atoms with Crippen LogP contribution < -0.4 is 5.32 Å². The van der Waals surface area contributed by atoms with Gasteiger partial charge in [0.25, 0.3) is 0 Å². The molecule has 1 fully saturated rings. The van der Waals surface area contributed by atoms with Gasteiger partial charge in [0.15, 0.2) is 0 Å². The van der Waals surface area contributed by atoms with Crippen LogP contribution in [0.3, 0.4) is 0 Å². The largest absolute Gasteiger partial charge is 0.351 e. The van der Waals surface area contributed by atoms with Crippen molar-refractivity contribution in [1.82, 2.24) is 10.2 Å². The van der Waals surface area contributed by atoms with Crippen molar-refractivity contribution in [3.63, 3.8) is 0 Å². The van der Waals surface area contributed by atoms with Crippen LogP contribution in [-0.2, 0) is 15.6 Å². The summed E-state index contributed by atoms with van der Waals surface area (Å²) in [5, 5.41) is 3.70. The second-order valence-corrected chi connectivity index (χ2v) is 9.11. The minimum absolute atomic E-state index is 0.0116. The third-order valence-electron chi connectivity index (χ3n) is 3.88. The van der Waals surface area contributed by atoms with Crippen molar-refractivity contribution in [2.45, 2.75) is 52.1 Å². The molecular weight excluding hydrogens is 304 g/mol. The molecule has 0 radical (unpaired) electrons. The van der Waals surface area contributed by atoms with Gasteiger partial charge >= 0.3 is 0 Å². The van der Waals surface area contributed by atoms with Crippen LogP contribution in [0.4, 0.5) is 0 Å². The molecule has 1 rings (SSSR count). The first-order valence-electron chi connectivity index (χ1n) is 7.91. The smallest absolute Gasteiger partial charge is 0.237 e. The highest BCUT2D eigenvalue weighted by Gasteiger charge is 2.34. The summed E-state index contributed by atoms with van der Waals surface area (Å²) >= 11 is 1.69. The van der Waals surface area contributed by atoms with E-state index in [1.54, 1.807) is 11.8 Å². The number of rotatable bonds is 9. The van der Waals surface area contributed by atoms with Gasteiger partial charge in [-0.2, -0.15) is 0 Å². The van der Waals surface area contributed by atoms with E-state index in [1.165, 1.54) is 12.8 Å². The molecule has 1 N–H and O–H groups in total. The van der Waals surface area contributed by atoms with E-state index in [0.717, 1.165) is 18.7 Å². The summed E-state index contributed by atoms with van der Waals surface area (Å²) in [5.74, 6) is 2.27. The van der Waals surface area contributed by atoms with Crippen molar-refractivity contribution in [1.29, 1.82) is 0 Å². The monoisotopic (exact) mass is 334 g/mol. The summed E-state index contributed by atoms with van der Waals surface area (Å²) in [4.78, 5) is 14.5. The number of amides is 1. The number of likely N-dealkylation sites (N-methyl/N-ethyl adjacent to an activating group) is 1. The third kappa shape index (κ3) is 6.70. The molecule has 0 aliphatic carbocycles. The quantitative estimate of drug-likeness (QED) is 0.701. The molecular formula is C15H30N2O2S2. The number of nitrogens with zero attached hydrogens (tertiary/aromatic N) is 1. The molecule has 0 saturated carbocycles. The summed E-state index contributed by atoms with van der Waals surface area (Å²) in [6.07, 6.45) is 3.33. The minimum Gasteiger partial charge on any atom is -0.351 e. The topological polar surface area (TPSA) is 49.4 Å². The van der Waals surface area contributed by atoms with Crippen molar-refractivity contribution >= 4 is 28.5 Å². The maximum Gasteiger partial charge on any atom is 0.237 e. The number of carbonyl (C=O) groups is 1. The van der Waals surface area contributed by atoms with Gasteiger partial charge in [-0.1, -0.05) is 20.3 Å². The van der Waals surface area contributed by atoms with E-state index in [4.69, 9.17) is 0 Å². The van der Waals surface area contributed by atoms with E-state index >= 15 is 0 Å². The lowest BCUT2D eigenvalue weighted by molar-refractivity contribution is -0.125. The summed E-state index contributed by atoms with van der Waals surface area (Å²) in [5.41, 5.74) is 0. The SMILES string of the molecule is CCC[C@@H]1C[C@@H](C(=O)N[C@H](C)CS(=O)CSCC)N(C)C1. The van der Waals surface area contributed by atoms with Gasteiger partial charge in [0.1, 0.15) is 0 Å². The van der Waals surface area contributed by atoms with Gasteiger partial charge in [0.2, 0.25) is 5.91 Å². The molecule has 1 saturated heterocycles. The Balaban J connectivity index is 2.37. The molecule has 1 aliphatic heterocycles. The highest BCUT2D eigenvalue weighted by molar-refractivity contribution is 8.10. The van der Waals surface area contributed by atoms with E-state index in [2.05, 4.69) is 24.1 Å². The second kappa shape index (κ2) is 9.85. The Bertz CT molecular complexity index is 353. The highest BCUT2D eigenvalue weighted by atomic mass is 32.2. The van der Waals surface area contributed by atoms with Gasteiger partial charge in [-0.15, -0.1) is 11.8 Å². The first-order chi connectivity index (χ1) is 9.97. The average Bonchev–Trinajstić information content (AvgIpc) is 2.77. The van der Waals surface area contributed by atoms with E-state index in [1.807, 2.05) is 14.0 Å².